The van der Waals surface area contributed by atoms with E-state index in [1.54, 1.807) is 0 Å². The predicted octanol–water partition coefficient (Wildman–Crippen LogP) is 0.0717. The Bertz CT molecular complexity index is 70.4. The van der Waals surface area contributed by atoms with Crippen LogP contribution < -0.4 is 5.32 Å². The molecule has 1 rings (SSSR count). The van der Waals surface area contributed by atoms with Crippen LogP contribution in [-0.4, -0.2) is 31.2 Å². The lowest BCUT2D eigenvalue weighted by molar-refractivity contribution is -0.0115. The van der Waals surface area contributed by atoms with Gasteiger partial charge in [0.2, 0.25) is 0 Å². The van der Waals surface area contributed by atoms with Gasteiger partial charge in [-0.3, -0.25) is 0 Å². The second kappa shape index (κ2) is 2.37. The van der Waals surface area contributed by atoms with E-state index in [-0.39, 0.29) is 0 Å². The first kappa shape index (κ1) is 5.91. The molecule has 1 fully saturated rings. The molecule has 0 amide bonds. The molecule has 0 atom stereocenters. The van der Waals surface area contributed by atoms with Gasteiger partial charge in [0.15, 0.2) is 0 Å². The lowest BCUT2D eigenvalue weighted by Crippen LogP contribution is -2.27. The normalized spacial score (nSPS) is 22.9. The highest BCUT2D eigenvalue weighted by Gasteiger charge is 2.18. The molecule has 4 heteroatoms. The summed E-state index contributed by atoms with van der Waals surface area (Å²) < 4.78 is 23.3. The molecule has 0 aromatic heterocycles. The van der Waals surface area contributed by atoms with Crippen molar-refractivity contribution in [2.45, 2.75) is 6.55 Å². The van der Waals surface area contributed by atoms with Crippen molar-refractivity contribution in [3.05, 3.63) is 0 Å². The third-order valence-corrected chi connectivity index (χ3v) is 1.17. The summed E-state index contributed by atoms with van der Waals surface area (Å²) in [7, 11) is 0. The van der Waals surface area contributed by atoms with Gasteiger partial charge in [-0.15, -0.1) is 0 Å². The summed E-state index contributed by atoms with van der Waals surface area (Å²) >= 11 is 0. The highest BCUT2D eigenvalue weighted by Crippen LogP contribution is 2.02. The summed E-state index contributed by atoms with van der Waals surface area (Å²) in [5.74, 6) is 0. The van der Waals surface area contributed by atoms with E-state index in [9.17, 15) is 8.78 Å². The molecule has 0 aromatic rings. The average Bonchev–Trinajstić information content (AvgIpc) is 2.12. The Morgan fingerprint density at radius 3 is 2.50 bits per heavy atom. The first-order chi connectivity index (χ1) is 3.80. The minimum atomic E-state index is -2.29. The average molecular weight is 122 g/mol. The molecule has 0 saturated carbocycles. The van der Waals surface area contributed by atoms with Gasteiger partial charge < -0.3 is 5.32 Å². The topological polar surface area (TPSA) is 15.3 Å². The van der Waals surface area contributed by atoms with Crippen LogP contribution in [0.5, 0.6) is 0 Å². The first-order valence-corrected chi connectivity index (χ1v) is 2.53. The minimum absolute atomic E-state index is 0.331. The number of hydrogen-bond acceptors (Lipinski definition) is 2. The number of nitrogens with zero attached hydrogens (tertiary/aromatic N) is 1. The van der Waals surface area contributed by atoms with Gasteiger partial charge in [0.1, 0.15) is 0 Å². The van der Waals surface area contributed by atoms with Crippen molar-refractivity contribution >= 4 is 0 Å². The maximum absolute atomic E-state index is 11.6. The quantitative estimate of drug-likeness (QED) is 0.495. The van der Waals surface area contributed by atoms with Crippen molar-refractivity contribution in [2.24, 2.45) is 0 Å². The highest BCUT2D eigenvalue weighted by atomic mass is 19.3. The van der Waals surface area contributed by atoms with Gasteiger partial charge in [-0.2, -0.15) is 8.78 Å². The molecular weight excluding hydrogens is 114 g/mol. The Hall–Kier alpha value is -0.220. The summed E-state index contributed by atoms with van der Waals surface area (Å²) in [6.07, 6.45) is 0. The third kappa shape index (κ3) is 1.14. The zero-order valence-electron chi connectivity index (χ0n) is 4.40. The standard InChI is InChI=1S/C4H8F2N2/c5-4(6)8-2-1-7-3-8/h4,7H,1-3H2. The van der Waals surface area contributed by atoms with Crippen LogP contribution >= 0.6 is 0 Å². The summed E-state index contributed by atoms with van der Waals surface area (Å²) in [5, 5.41) is 2.80. The van der Waals surface area contributed by atoms with Crippen LogP contribution in [0, 0.1) is 0 Å². The van der Waals surface area contributed by atoms with E-state index < -0.39 is 6.55 Å². The van der Waals surface area contributed by atoms with Gasteiger partial charge >= 0.3 is 0 Å². The Balaban J connectivity index is 2.24. The van der Waals surface area contributed by atoms with Crippen molar-refractivity contribution in [1.29, 1.82) is 0 Å². The maximum atomic E-state index is 11.6. The van der Waals surface area contributed by atoms with Gasteiger partial charge in [0.05, 0.1) is 6.67 Å². The Labute approximate surface area is 46.5 Å². The van der Waals surface area contributed by atoms with Crippen molar-refractivity contribution < 1.29 is 8.78 Å². The Kier molecular flexibility index (Phi) is 1.75. The molecule has 1 saturated heterocycles. The van der Waals surface area contributed by atoms with E-state index in [1.165, 1.54) is 0 Å². The molecule has 0 bridgehead atoms. The first-order valence-electron chi connectivity index (χ1n) is 2.53. The van der Waals surface area contributed by atoms with E-state index in [4.69, 9.17) is 0 Å². The molecule has 2 nitrogen and oxygen atoms in total. The van der Waals surface area contributed by atoms with Gasteiger partial charge in [-0.25, -0.2) is 4.90 Å². The van der Waals surface area contributed by atoms with Gasteiger partial charge in [-0.1, -0.05) is 0 Å². The van der Waals surface area contributed by atoms with Gasteiger partial charge in [0, 0.05) is 13.1 Å². The highest BCUT2D eigenvalue weighted by molar-refractivity contribution is 4.63. The number of halogens is 2. The molecule has 1 aliphatic rings. The molecular formula is C4H8F2N2. The number of alkyl halides is 2. The fourth-order valence-electron chi connectivity index (χ4n) is 0.691. The molecule has 0 radical (unpaired) electrons. The zero-order chi connectivity index (χ0) is 5.98. The second-order valence-electron chi connectivity index (χ2n) is 1.75. The molecule has 1 aliphatic heterocycles. The lowest BCUT2D eigenvalue weighted by Gasteiger charge is -2.10. The van der Waals surface area contributed by atoms with Crippen LogP contribution in [0.25, 0.3) is 0 Å². The number of hydrogen-bond donors (Lipinski definition) is 1. The predicted molar refractivity (Wildman–Crippen MR) is 25.6 cm³/mol. The van der Waals surface area contributed by atoms with Gasteiger partial charge in [0.25, 0.3) is 6.55 Å². The fraction of sp³-hybridized carbons (Fsp3) is 1.00. The summed E-state index contributed by atoms with van der Waals surface area (Å²) in [6.45, 7) is -0.801. The molecule has 1 N–H and O–H groups in total. The van der Waals surface area contributed by atoms with Crippen molar-refractivity contribution in [1.82, 2.24) is 10.2 Å². The SMILES string of the molecule is FC(F)N1CCNC1. The van der Waals surface area contributed by atoms with Crippen LogP contribution in [0.15, 0.2) is 0 Å². The Morgan fingerprint density at radius 2 is 2.25 bits per heavy atom. The molecule has 48 valence electrons. The minimum Gasteiger partial charge on any atom is -0.303 e. The van der Waals surface area contributed by atoms with E-state index in [2.05, 4.69) is 5.32 Å². The van der Waals surface area contributed by atoms with Crippen molar-refractivity contribution in [3.63, 3.8) is 0 Å². The van der Waals surface area contributed by atoms with E-state index in [1.807, 2.05) is 0 Å². The summed E-state index contributed by atoms with van der Waals surface area (Å²) in [5.41, 5.74) is 0. The van der Waals surface area contributed by atoms with Crippen molar-refractivity contribution in [3.8, 4) is 0 Å². The Morgan fingerprint density at radius 1 is 1.50 bits per heavy atom. The largest absolute Gasteiger partial charge is 0.303 e. The molecule has 1 heterocycles. The molecule has 0 unspecified atom stereocenters. The number of nitrogens with one attached hydrogen (secondary N) is 1. The molecule has 0 aromatic carbocycles. The van der Waals surface area contributed by atoms with E-state index in [0.717, 1.165) is 4.90 Å². The summed E-state index contributed by atoms with van der Waals surface area (Å²) in [6, 6.07) is 0. The van der Waals surface area contributed by atoms with Crippen LogP contribution in [0.2, 0.25) is 0 Å². The maximum Gasteiger partial charge on any atom is 0.295 e. The fourth-order valence-corrected chi connectivity index (χ4v) is 0.691. The van der Waals surface area contributed by atoms with Crippen molar-refractivity contribution in [2.75, 3.05) is 19.8 Å². The van der Waals surface area contributed by atoms with Crippen LogP contribution in [0.3, 0.4) is 0 Å². The number of rotatable bonds is 1. The summed E-state index contributed by atoms with van der Waals surface area (Å²) in [4.78, 5) is 1.08. The lowest BCUT2D eigenvalue weighted by atomic mass is 10.6. The van der Waals surface area contributed by atoms with Gasteiger partial charge in [-0.05, 0) is 0 Å². The van der Waals surface area contributed by atoms with Crippen LogP contribution in [0.4, 0.5) is 8.78 Å². The van der Waals surface area contributed by atoms with E-state index >= 15 is 0 Å². The second-order valence-corrected chi connectivity index (χ2v) is 1.75. The zero-order valence-corrected chi connectivity index (χ0v) is 4.40. The monoisotopic (exact) mass is 122 g/mol. The third-order valence-electron chi connectivity index (χ3n) is 1.17. The van der Waals surface area contributed by atoms with Crippen LogP contribution in [0.1, 0.15) is 0 Å². The molecule has 0 aliphatic carbocycles. The smallest absolute Gasteiger partial charge is 0.295 e. The molecule has 8 heavy (non-hydrogen) atoms. The molecule has 0 spiro atoms. The van der Waals surface area contributed by atoms with E-state index in [0.29, 0.717) is 19.8 Å². The van der Waals surface area contributed by atoms with Crippen LogP contribution in [-0.2, 0) is 0 Å².